The summed E-state index contributed by atoms with van der Waals surface area (Å²) in [5, 5.41) is 6.16. The molecule has 0 spiro atoms. The highest BCUT2D eigenvalue weighted by atomic mass is 19.2. The number of carbonyl (C=O) groups is 2. The van der Waals surface area contributed by atoms with Gasteiger partial charge in [-0.25, -0.2) is 13.2 Å². The predicted molar refractivity (Wildman–Crippen MR) is 88.8 cm³/mol. The van der Waals surface area contributed by atoms with Crippen molar-refractivity contribution in [2.45, 2.75) is 26.3 Å². The molecule has 26 heavy (non-hydrogen) atoms. The zero-order chi connectivity index (χ0) is 19.3. The quantitative estimate of drug-likeness (QED) is 0.764. The molecular formula is C17H19F3N4O2. The fourth-order valence-corrected chi connectivity index (χ4v) is 2.41. The highest BCUT2D eigenvalue weighted by Crippen LogP contribution is 2.19. The molecule has 2 aromatic rings. The minimum Gasteiger partial charge on any atom is -0.332 e. The van der Waals surface area contributed by atoms with E-state index in [0.29, 0.717) is 19.0 Å². The van der Waals surface area contributed by atoms with Crippen molar-refractivity contribution in [1.82, 2.24) is 14.7 Å². The zero-order valence-corrected chi connectivity index (χ0v) is 14.4. The van der Waals surface area contributed by atoms with Crippen LogP contribution in [0.5, 0.6) is 0 Å². The van der Waals surface area contributed by atoms with E-state index in [4.69, 9.17) is 0 Å². The van der Waals surface area contributed by atoms with Crippen LogP contribution in [0.15, 0.2) is 30.6 Å². The van der Waals surface area contributed by atoms with Crippen molar-refractivity contribution in [3.05, 3.63) is 48.0 Å². The number of rotatable bonds is 7. The Hall–Kier alpha value is -2.84. The average Bonchev–Trinajstić information content (AvgIpc) is 3.15. The fraction of sp³-hybridized carbons (Fsp3) is 0.353. The normalized spacial score (nSPS) is 11.9. The maximum Gasteiger partial charge on any atom is 0.247 e. The lowest BCUT2D eigenvalue weighted by Crippen LogP contribution is -2.42. The van der Waals surface area contributed by atoms with Crippen LogP contribution >= 0.6 is 0 Å². The number of halogens is 3. The van der Waals surface area contributed by atoms with Crippen LogP contribution in [0.25, 0.3) is 0 Å². The van der Waals surface area contributed by atoms with E-state index in [1.54, 1.807) is 19.2 Å². The second-order valence-electron chi connectivity index (χ2n) is 5.69. The molecule has 0 saturated carbocycles. The third-order valence-corrected chi connectivity index (χ3v) is 3.73. The molecule has 1 heterocycles. The molecule has 1 atom stereocenters. The lowest BCUT2D eigenvalue weighted by Gasteiger charge is -2.25. The number of nitrogens with one attached hydrogen (secondary N) is 1. The molecule has 0 fully saturated rings. The molecule has 9 heteroatoms. The molecule has 2 rings (SSSR count). The molecule has 1 N–H and O–H groups in total. The summed E-state index contributed by atoms with van der Waals surface area (Å²) in [4.78, 5) is 26.0. The number of amides is 2. The van der Waals surface area contributed by atoms with Gasteiger partial charge >= 0.3 is 0 Å². The van der Waals surface area contributed by atoms with Crippen LogP contribution in [0.2, 0.25) is 0 Å². The molecule has 0 saturated heterocycles. The molecule has 1 unspecified atom stereocenters. The fourth-order valence-electron chi connectivity index (χ4n) is 2.41. The minimum absolute atomic E-state index is 0.304. The molecule has 0 aliphatic heterocycles. The molecule has 0 aliphatic rings. The van der Waals surface area contributed by atoms with Gasteiger partial charge < -0.3 is 10.2 Å². The van der Waals surface area contributed by atoms with Gasteiger partial charge in [0.1, 0.15) is 6.04 Å². The maximum atomic E-state index is 13.7. The number of hydrogen-bond acceptors (Lipinski definition) is 3. The van der Waals surface area contributed by atoms with E-state index in [1.165, 1.54) is 15.8 Å². The maximum absolute atomic E-state index is 13.7. The average molecular weight is 368 g/mol. The van der Waals surface area contributed by atoms with E-state index in [0.717, 1.165) is 6.07 Å². The summed E-state index contributed by atoms with van der Waals surface area (Å²) in [6, 6.07) is 2.68. The van der Waals surface area contributed by atoms with Gasteiger partial charge in [0.2, 0.25) is 11.8 Å². The summed E-state index contributed by atoms with van der Waals surface area (Å²) in [5.41, 5.74) is -0.488. The number of aromatic nitrogens is 2. The summed E-state index contributed by atoms with van der Waals surface area (Å²) in [5.74, 6) is -5.56. The van der Waals surface area contributed by atoms with E-state index in [1.807, 2.05) is 6.92 Å². The number of nitrogens with zero attached hydrogens (tertiary/aromatic N) is 3. The second-order valence-corrected chi connectivity index (χ2v) is 5.69. The zero-order valence-electron chi connectivity index (χ0n) is 14.4. The summed E-state index contributed by atoms with van der Waals surface area (Å²) >= 11 is 0. The molecule has 1 aromatic carbocycles. The molecule has 6 nitrogen and oxygen atoms in total. The van der Waals surface area contributed by atoms with E-state index < -0.39 is 35.1 Å². The monoisotopic (exact) mass is 368 g/mol. The largest absolute Gasteiger partial charge is 0.332 e. The lowest BCUT2D eigenvalue weighted by atomic mass is 10.2. The van der Waals surface area contributed by atoms with E-state index in [9.17, 15) is 22.8 Å². The minimum atomic E-state index is -1.67. The van der Waals surface area contributed by atoms with Crippen molar-refractivity contribution < 1.29 is 22.8 Å². The number of anilines is 1. The van der Waals surface area contributed by atoms with Gasteiger partial charge in [-0.3, -0.25) is 14.3 Å². The van der Waals surface area contributed by atoms with Crippen molar-refractivity contribution in [3.63, 3.8) is 0 Å². The van der Waals surface area contributed by atoms with Crippen molar-refractivity contribution in [3.8, 4) is 0 Å². The van der Waals surface area contributed by atoms with E-state index >= 15 is 0 Å². The van der Waals surface area contributed by atoms with Crippen molar-refractivity contribution in [1.29, 1.82) is 0 Å². The highest BCUT2D eigenvalue weighted by molar-refractivity contribution is 5.95. The van der Waals surface area contributed by atoms with Gasteiger partial charge in [-0.2, -0.15) is 5.10 Å². The van der Waals surface area contributed by atoms with Crippen LogP contribution in [0.4, 0.5) is 18.9 Å². The van der Waals surface area contributed by atoms with Gasteiger partial charge in [0, 0.05) is 18.9 Å². The van der Waals surface area contributed by atoms with Crippen molar-refractivity contribution >= 4 is 17.5 Å². The standard InChI is InChI=1S/C17H19F3N4O2/c1-3-8-23(17(26)11(2)24-9-4-7-21-24)10-14(25)22-13-6-5-12(18)15(19)16(13)20/h4-7,9,11H,3,8,10H2,1-2H3,(H,22,25). The Balaban J connectivity index is 2.08. The molecular weight excluding hydrogens is 349 g/mol. The smallest absolute Gasteiger partial charge is 0.247 e. The topological polar surface area (TPSA) is 67.2 Å². The van der Waals surface area contributed by atoms with Crippen LogP contribution in [-0.2, 0) is 9.59 Å². The van der Waals surface area contributed by atoms with E-state index in [-0.39, 0.29) is 12.5 Å². The summed E-state index contributed by atoms with van der Waals surface area (Å²) in [6.45, 7) is 3.44. The van der Waals surface area contributed by atoms with Crippen LogP contribution < -0.4 is 5.32 Å². The third-order valence-electron chi connectivity index (χ3n) is 3.73. The molecule has 0 bridgehead atoms. The Morgan fingerprint density at radius 2 is 2.00 bits per heavy atom. The summed E-state index contributed by atoms with van der Waals surface area (Å²) < 4.78 is 41.3. The summed E-state index contributed by atoms with van der Waals surface area (Å²) in [7, 11) is 0. The second kappa shape index (κ2) is 8.50. The van der Waals surface area contributed by atoms with Crippen LogP contribution in [0, 0.1) is 17.5 Å². The predicted octanol–water partition coefficient (Wildman–Crippen LogP) is 2.74. The van der Waals surface area contributed by atoms with Gasteiger partial charge in [0.05, 0.1) is 12.2 Å². The van der Waals surface area contributed by atoms with Crippen molar-refractivity contribution in [2.75, 3.05) is 18.4 Å². The molecule has 1 aromatic heterocycles. The first-order valence-corrected chi connectivity index (χ1v) is 8.06. The SMILES string of the molecule is CCCN(CC(=O)Nc1ccc(F)c(F)c1F)C(=O)C(C)n1cccn1. The first kappa shape index (κ1) is 19.5. The Labute approximate surface area is 148 Å². The van der Waals surface area contributed by atoms with Crippen LogP contribution in [0.3, 0.4) is 0 Å². The number of benzene rings is 1. The Morgan fingerprint density at radius 1 is 1.27 bits per heavy atom. The lowest BCUT2D eigenvalue weighted by molar-refractivity contribution is -0.137. The Kier molecular flexibility index (Phi) is 6.37. The van der Waals surface area contributed by atoms with Crippen LogP contribution in [0.1, 0.15) is 26.3 Å². The van der Waals surface area contributed by atoms with Gasteiger partial charge in [-0.15, -0.1) is 0 Å². The number of hydrogen-bond donors (Lipinski definition) is 1. The summed E-state index contributed by atoms with van der Waals surface area (Å²) in [6.07, 6.45) is 3.76. The molecule has 140 valence electrons. The first-order chi connectivity index (χ1) is 12.3. The van der Waals surface area contributed by atoms with E-state index in [2.05, 4.69) is 10.4 Å². The van der Waals surface area contributed by atoms with Gasteiger partial charge in [0.15, 0.2) is 17.5 Å². The van der Waals surface area contributed by atoms with Gasteiger partial charge in [-0.05, 0) is 31.5 Å². The number of carbonyl (C=O) groups excluding carboxylic acids is 2. The highest BCUT2D eigenvalue weighted by Gasteiger charge is 2.24. The molecule has 2 amide bonds. The van der Waals surface area contributed by atoms with Crippen molar-refractivity contribution in [2.24, 2.45) is 0 Å². The van der Waals surface area contributed by atoms with Gasteiger partial charge in [-0.1, -0.05) is 6.92 Å². The molecule has 0 radical (unpaired) electrons. The Morgan fingerprint density at radius 3 is 2.62 bits per heavy atom. The van der Waals surface area contributed by atoms with Gasteiger partial charge in [0.25, 0.3) is 0 Å². The van der Waals surface area contributed by atoms with Crippen LogP contribution in [-0.4, -0.2) is 39.6 Å². The molecule has 0 aliphatic carbocycles. The third kappa shape index (κ3) is 4.41. The first-order valence-electron chi connectivity index (χ1n) is 8.06. The Bertz CT molecular complexity index is 781.